The van der Waals surface area contributed by atoms with Gasteiger partial charge in [0.1, 0.15) is 0 Å². The summed E-state index contributed by atoms with van der Waals surface area (Å²) in [5, 5.41) is 11.8. The fraction of sp³-hybridized carbons (Fsp3) is 0.300. The Morgan fingerprint density at radius 2 is 1.89 bits per heavy atom. The number of hydrogen-bond acceptors (Lipinski definition) is 4. The summed E-state index contributed by atoms with van der Waals surface area (Å²) in [7, 11) is 0. The van der Waals surface area contributed by atoms with Crippen LogP contribution >= 0.6 is 0 Å². The molecule has 0 unspecified atom stereocenters. The van der Waals surface area contributed by atoms with Crippen LogP contribution in [0.25, 0.3) is 11.3 Å². The number of carbonyl (C=O) groups is 3. The van der Waals surface area contributed by atoms with Crippen LogP contribution < -0.4 is 5.32 Å². The van der Waals surface area contributed by atoms with E-state index in [1.165, 1.54) is 12.3 Å². The van der Waals surface area contributed by atoms with Crippen molar-refractivity contribution in [2.75, 3.05) is 13.1 Å². The van der Waals surface area contributed by atoms with E-state index in [0.717, 1.165) is 12.0 Å². The summed E-state index contributed by atoms with van der Waals surface area (Å²) >= 11 is 0. The maximum absolute atomic E-state index is 12.4. The Balaban J connectivity index is 1.64. The Labute approximate surface area is 157 Å². The van der Waals surface area contributed by atoms with E-state index in [0.29, 0.717) is 30.8 Å². The summed E-state index contributed by atoms with van der Waals surface area (Å²) in [6.45, 7) is 3.29. The molecule has 27 heavy (non-hydrogen) atoms. The van der Waals surface area contributed by atoms with Crippen molar-refractivity contribution in [2.24, 2.45) is 0 Å². The number of aromatic carboxylic acids is 1. The zero-order valence-corrected chi connectivity index (χ0v) is 15.0. The minimum atomic E-state index is -1.02. The molecule has 2 N–H and O–H groups in total. The number of hydrogen-bond donors (Lipinski definition) is 2. The molecule has 1 aliphatic rings. The van der Waals surface area contributed by atoms with Crippen molar-refractivity contribution in [3.63, 3.8) is 0 Å². The van der Waals surface area contributed by atoms with E-state index in [-0.39, 0.29) is 23.4 Å². The Morgan fingerprint density at radius 3 is 2.48 bits per heavy atom. The molecule has 2 amide bonds. The molecule has 0 spiro atoms. The van der Waals surface area contributed by atoms with Crippen LogP contribution in [0.15, 0.2) is 42.6 Å². The summed E-state index contributed by atoms with van der Waals surface area (Å²) in [5.41, 5.74) is 2.04. The first-order valence-electron chi connectivity index (χ1n) is 8.86. The second-order valence-electron chi connectivity index (χ2n) is 6.53. The molecule has 2 heterocycles. The highest BCUT2D eigenvalue weighted by Crippen LogP contribution is 2.18. The highest BCUT2D eigenvalue weighted by molar-refractivity contribution is 5.95. The highest BCUT2D eigenvalue weighted by Gasteiger charge is 2.30. The van der Waals surface area contributed by atoms with Gasteiger partial charge in [-0.05, 0) is 30.7 Å². The summed E-state index contributed by atoms with van der Waals surface area (Å²) in [6, 6.07) is 9.87. The van der Waals surface area contributed by atoms with Crippen LogP contribution in [0.1, 0.15) is 40.5 Å². The van der Waals surface area contributed by atoms with E-state index in [9.17, 15) is 14.4 Å². The minimum Gasteiger partial charge on any atom is -0.478 e. The SMILES string of the molecule is CCCN1C[C@H](NC(=O)c2ccc(-c3ccc(C(=O)O)cn3)cc2)CC1=O. The molecular formula is C20H21N3O4. The van der Waals surface area contributed by atoms with E-state index in [1.54, 1.807) is 35.2 Å². The molecular weight excluding hydrogens is 346 g/mol. The first kappa shape index (κ1) is 18.6. The van der Waals surface area contributed by atoms with Gasteiger partial charge in [0.25, 0.3) is 5.91 Å². The number of carbonyl (C=O) groups excluding carboxylic acids is 2. The number of carboxylic acids is 1. The Morgan fingerprint density at radius 1 is 1.19 bits per heavy atom. The van der Waals surface area contributed by atoms with Gasteiger partial charge in [0.2, 0.25) is 5.91 Å². The van der Waals surface area contributed by atoms with Crippen LogP contribution in [-0.4, -0.2) is 51.9 Å². The van der Waals surface area contributed by atoms with Crippen molar-refractivity contribution < 1.29 is 19.5 Å². The van der Waals surface area contributed by atoms with Crippen LogP contribution in [0.3, 0.4) is 0 Å². The van der Waals surface area contributed by atoms with Gasteiger partial charge in [-0.2, -0.15) is 0 Å². The number of benzene rings is 1. The molecule has 1 aliphatic heterocycles. The summed E-state index contributed by atoms with van der Waals surface area (Å²) in [5.74, 6) is -1.16. The minimum absolute atomic E-state index is 0.0772. The van der Waals surface area contributed by atoms with Gasteiger partial charge in [0, 0.05) is 36.8 Å². The highest BCUT2D eigenvalue weighted by atomic mass is 16.4. The number of likely N-dealkylation sites (tertiary alicyclic amines) is 1. The molecule has 7 heteroatoms. The van der Waals surface area contributed by atoms with Crippen LogP contribution in [-0.2, 0) is 4.79 Å². The lowest BCUT2D eigenvalue weighted by Gasteiger charge is -2.16. The quantitative estimate of drug-likeness (QED) is 0.815. The zero-order valence-electron chi connectivity index (χ0n) is 15.0. The third-order valence-electron chi connectivity index (χ3n) is 4.50. The van der Waals surface area contributed by atoms with Crippen molar-refractivity contribution in [3.8, 4) is 11.3 Å². The van der Waals surface area contributed by atoms with Crippen molar-refractivity contribution in [1.82, 2.24) is 15.2 Å². The molecule has 0 saturated carbocycles. The van der Waals surface area contributed by atoms with Crippen LogP contribution in [0, 0.1) is 0 Å². The normalized spacial score (nSPS) is 16.4. The zero-order chi connectivity index (χ0) is 19.4. The lowest BCUT2D eigenvalue weighted by Crippen LogP contribution is -2.37. The van der Waals surface area contributed by atoms with E-state index in [2.05, 4.69) is 10.3 Å². The largest absolute Gasteiger partial charge is 0.478 e. The predicted molar refractivity (Wildman–Crippen MR) is 99.4 cm³/mol. The van der Waals surface area contributed by atoms with E-state index in [4.69, 9.17) is 5.11 Å². The smallest absolute Gasteiger partial charge is 0.337 e. The second-order valence-corrected chi connectivity index (χ2v) is 6.53. The van der Waals surface area contributed by atoms with E-state index < -0.39 is 5.97 Å². The lowest BCUT2D eigenvalue weighted by molar-refractivity contribution is -0.127. The molecule has 1 saturated heterocycles. The summed E-state index contributed by atoms with van der Waals surface area (Å²) in [4.78, 5) is 41.1. The Kier molecular flexibility index (Phi) is 5.49. The number of nitrogens with zero attached hydrogens (tertiary/aromatic N) is 2. The van der Waals surface area contributed by atoms with Gasteiger partial charge in [-0.1, -0.05) is 19.1 Å². The monoisotopic (exact) mass is 367 g/mol. The molecule has 140 valence electrons. The van der Waals surface area contributed by atoms with Gasteiger partial charge < -0.3 is 15.3 Å². The van der Waals surface area contributed by atoms with Gasteiger partial charge in [-0.3, -0.25) is 14.6 Å². The molecule has 0 aliphatic carbocycles. The van der Waals surface area contributed by atoms with E-state index in [1.807, 2.05) is 6.92 Å². The number of amides is 2. The molecule has 3 rings (SSSR count). The lowest BCUT2D eigenvalue weighted by atomic mass is 10.1. The Bertz CT molecular complexity index is 847. The number of pyridine rings is 1. The average molecular weight is 367 g/mol. The third-order valence-corrected chi connectivity index (χ3v) is 4.50. The second kappa shape index (κ2) is 7.99. The predicted octanol–water partition coefficient (Wildman–Crippen LogP) is 2.19. The summed E-state index contributed by atoms with van der Waals surface area (Å²) < 4.78 is 0. The van der Waals surface area contributed by atoms with Crippen molar-refractivity contribution in [2.45, 2.75) is 25.8 Å². The molecule has 0 bridgehead atoms. The first-order valence-corrected chi connectivity index (χ1v) is 8.86. The van der Waals surface area contributed by atoms with Gasteiger partial charge in [-0.15, -0.1) is 0 Å². The number of rotatable bonds is 6. The fourth-order valence-corrected chi connectivity index (χ4v) is 3.11. The summed E-state index contributed by atoms with van der Waals surface area (Å²) in [6.07, 6.45) is 2.54. The molecule has 2 aromatic rings. The van der Waals surface area contributed by atoms with Crippen molar-refractivity contribution in [3.05, 3.63) is 53.7 Å². The molecule has 1 atom stereocenters. The average Bonchev–Trinajstić information content (AvgIpc) is 3.01. The Hall–Kier alpha value is -3.22. The first-order chi connectivity index (χ1) is 13.0. The topological polar surface area (TPSA) is 99.6 Å². The van der Waals surface area contributed by atoms with Gasteiger partial charge >= 0.3 is 5.97 Å². The van der Waals surface area contributed by atoms with Gasteiger partial charge in [0.15, 0.2) is 0 Å². The maximum atomic E-state index is 12.4. The van der Waals surface area contributed by atoms with Crippen molar-refractivity contribution in [1.29, 1.82) is 0 Å². The molecule has 1 aromatic carbocycles. The maximum Gasteiger partial charge on any atom is 0.337 e. The molecule has 0 radical (unpaired) electrons. The van der Waals surface area contributed by atoms with E-state index >= 15 is 0 Å². The molecule has 1 fully saturated rings. The van der Waals surface area contributed by atoms with Crippen LogP contribution in [0.4, 0.5) is 0 Å². The standard InChI is InChI=1S/C20H21N3O4/c1-2-9-23-12-16(10-18(23)24)22-19(25)14-5-3-13(4-6-14)17-8-7-15(11-21-17)20(26)27/h3-8,11,16H,2,9-10,12H2,1H3,(H,22,25)(H,26,27)/t16-/m1/s1. The van der Waals surface area contributed by atoms with Crippen molar-refractivity contribution >= 4 is 17.8 Å². The number of aromatic nitrogens is 1. The van der Waals surface area contributed by atoms with Crippen LogP contribution in [0.2, 0.25) is 0 Å². The number of carboxylic acid groups (broad SMARTS) is 1. The van der Waals surface area contributed by atoms with Crippen LogP contribution in [0.5, 0.6) is 0 Å². The fourth-order valence-electron chi connectivity index (χ4n) is 3.11. The molecule has 7 nitrogen and oxygen atoms in total. The molecule has 1 aromatic heterocycles. The van der Waals surface area contributed by atoms with Gasteiger partial charge in [-0.25, -0.2) is 4.79 Å². The van der Waals surface area contributed by atoms with Gasteiger partial charge in [0.05, 0.1) is 17.3 Å². The number of nitrogens with one attached hydrogen (secondary N) is 1. The third kappa shape index (κ3) is 4.31.